The van der Waals surface area contributed by atoms with Crippen LogP contribution in [0.1, 0.15) is 37.3 Å². The van der Waals surface area contributed by atoms with Crippen molar-refractivity contribution in [2.75, 3.05) is 31.7 Å². The molecule has 0 aliphatic carbocycles. The fraction of sp³-hybridized carbons (Fsp3) is 0.429. The molecule has 1 unspecified atom stereocenters. The number of para-hydroxylation sites is 1. The van der Waals surface area contributed by atoms with Gasteiger partial charge in [-0.2, -0.15) is 0 Å². The van der Waals surface area contributed by atoms with Crippen LogP contribution < -0.4 is 9.64 Å². The van der Waals surface area contributed by atoms with Crippen molar-refractivity contribution in [3.63, 3.8) is 0 Å². The molecule has 1 atom stereocenters. The van der Waals surface area contributed by atoms with Crippen LogP contribution in [-0.2, 0) is 5.41 Å². The molecule has 0 spiro atoms. The summed E-state index contributed by atoms with van der Waals surface area (Å²) in [6.07, 6.45) is 3.62. The van der Waals surface area contributed by atoms with Crippen molar-refractivity contribution in [3.05, 3.63) is 58.1 Å². The standard InChI is InChI=1S/C21H26BrNO2/c1-3-4-7-12-23(2)19-9-6-5-8-17(19)21(14-24)15-25-20-11-10-16(22)13-18(20)21/h5-6,8-11,13,24H,3-4,7,12,14-15H2,1-2H3. The summed E-state index contributed by atoms with van der Waals surface area (Å²) in [6.45, 7) is 3.73. The summed E-state index contributed by atoms with van der Waals surface area (Å²) in [5, 5.41) is 10.4. The zero-order valence-corrected chi connectivity index (χ0v) is 16.6. The second kappa shape index (κ2) is 7.79. The van der Waals surface area contributed by atoms with Crippen molar-refractivity contribution in [2.45, 2.75) is 31.6 Å². The Morgan fingerprint density at radius 1 is 1.16 bits per heavy atom. The highest BCUT2D eigenvalue weighted by molar-refractivity contribution is 9.10. The molecule has 1 aliphatic heterocycles. The molecule has 0 fully saturated rings. The van der Waals surface area contributed by atoms with Gasteiger partial charge in [0.2, 0.25) is 0 Å². The second-order valence-electron chi connectivity index (χ2n) is 6.82. The van der Waals surface area contributed by atoms with Crippen molar-refractivity contribution in [2.24, 2.45) is 0 Å². The summed E-state index contributed by atoms with van der Waals surface area (Å²) < 4.78 is 6.95. The minimum absolute atomic E-state index is 0.0241. The second-order valence-corrected chi connectivity index (χ2v) is 7.73. The highest BCUT2D eigenvalue weighted by Gasteiger charge is 2.43. The van der Waals surface area contributed by atoms with Crippen molar-refractivity contribution >= 4 is 21.6 Å². The maximum atomic E-state index is 10.4. The van der Waals surface area contributed by atoms with E-state index < -0.39 is 5.41 Å². The highest BCUT2D eigenvalue weighted by Crippen LogP contribution is 2.47. The van der Waals surface area contributed by atoms with Crippen LogP contribution >= 0.6 is 15.9 Å². The Morgan fingerprint density at radius 2 is 1.96 bits per heavy atom. The van der Waals surface area contributed by atoms with Crippen LogP contribution in [0.15, 0.2) is 46.9 Å². The average molecular weight is 404 g/mol. The number of unbranched alkanes of at least 4 members (excludes halogenated alkanes) is 2. The normalized spacial score (nSPS) is 18.7. The maximum Gasteiger partial charge on any atom is 0.123 e. The van der Waals surface area contributed by atoms with Crippen molar-refractivity contribution < 1.29 is 9.84 Å². The van der Waals surface area contributed by atoms with Gasteiger partial charge in [0.25, 0.3) is 0 Å². The van der Waals surface area contributed by atoms with Crippen LogP contribution in [-0.4, -0.2) is 31.9 Å². The molecule has 1 aliphatic rings. The molecule has 2 aromatic rings. The van der Waals surface area contributed by atoms with E-state index in [1.54, 1.807) is 0 Å². The van der Waals surface area contributed by atoms with Crippen LogP contribution in [0.25, 0.3) is 0 Å². The first-order valence-electron chi connectivity index (χ1n) is 8.96. The largest absolute Gasteiger partial charge is 0.492 e. The average Bonchev–Trinajstić information content (AvgIpc) is 3.00. The fourth-order valence-electron chi connectivity index (χ4n) is 3.65. The van der Waals surface area contributed by atoms with Crippen molar-refractivity contribution in [3.8, 4) is 5.75 Å². The molecule has 0 radical (unpaired) electrons. The first kappa shape index (κ1) is 18.3. The van der Waals surface area contributed by atoms with Gasteiger partial charge < -0.3 is 14.7 Å². The van der Waals surface area contributed by atoms with Crippen LogP contribution in [0.5, 0.6) is 5.75 Å². The number of halogens is 1. The lowest BCUT2D eigenvalue weighted by molar-refractivity contribution is 0.185. The number of hydrogen-bond donors (Lipinski definition) is 1. The van der Waals surface area contributed by atoms with Gasteiger partial charge in [0.1, 0.15) is 12.4 Å². The Kier molecular flexibility index (Phi) is 5.70. The van der Waals surface area contributed by atoms with E-state index in [1.165, 1.54) is 24.9 Å². The van der Waals surface area contributed by atoms with Gasteiger partial charge in [-0.05, 0) is 36.2 Å². The van der Waals surface area contributed by atoms with Crippen LogP contribution in [0.4, 0.5) is 5.69 Å². The summed E-state index contributed by atoms with van der Waals surface area (Å²) in [5.41, 5.74) is 2.84. The Balaban J connectivity index is 2.03. The highest BCUT2D eigenvalue weighted by atomic mass is 79.9. The number of nitrogens with zero attached hydrogens (tertiary/aromatic N) is 1. The lowest BCUT2D eigenvalue weighted by Gasteiger charge is -2.32. The summed E-state index contributed by atoms with van der Waals surface area (Å²) in [5.74, 6) is 0.862. The summed E-state index contributed by atoms with van der Waals surface area (Å²) in [4.78, 5) is 2.30. The minimum Gasteiger partial charge on any atom is -0.492 e. The molecule has 2 aromatic carbocycles. The van der Waals surface area contributed by atoms with Crippen molar-refractivity contribution in [1.82, 2.24) is 0 Å². The van der Waals surface area contributed by atoms with Gasteiger partial charge in [0.05, 0.1) is 12.0 Å². The zero-order valence-electron chi connectivity index (χ0n) is 15.0. The Bertz CT molecular complexity index is 734. The Hall–Kier alpha value is -1.52. The number of aliphatic hydroxyl groups excluding tert-OH is 1. The van der Waals surface area contributed by atoms with Gasteiger partial charge >= 0.3 is 0 Å². The summed E-state index contributed by atoms with van der Waals surface area (Å²) in [7, 11) is 2.14. The molecule has 25 heavy (non-hydrogen) atoms. The van der Waals surface area contributed by atoms with Crippen molar-refractivity contribution in [1.29, 1.82) is 0 Å². The van der Waals surface area contributed by atoms with Crippen LogP contribution in [0.3, 0.4) is 0 Å². The third kappa shape index (κ3) is 3.42. The van der Waals surface area contributed by atoms with E-state index in [0.717, 1.165) is 27.9 Å². The van der Waals surface area contributed by atoms with E-state index in [-0.39, 0.29) is 6.61 Å². The van der Waals surface area contributed by atoms with Gasteiger partial charge in [0.15, 0.2) is 0 Å². The molecular formula is C21H26BrNO2. The number of aliphatic hydroxyl groups is 1. The number of rotatable bonds is 7. The van der Waals surface area contributed by atoms with E-state index in [0.29, 0.717) is 6.61 Å². The van der Waals surface area contributed by atoms with Gasteiger partial charge in [-0.15, -0.1) is 0 Å². The molecule has 0 aromatic heterocycles. The Labute approximate surface area is 158 Å². The first-order chi connectivity index (χ1) is 12.1. The number of hydrogen-bond acceptors (Lipinski definition) is 3. The third-order valence-corrected chi connectivity index (χ3v) is 5.62. The van der Waals surface area contributed by atoms with E-state index in [1.807, 2.05) is 18.2 Å². The molecule has 1 heterocycles. The number of ether oxygens (including phenoxy) is 1. The minimum atomic E-state index is -0.519. The molecule has 0 saturated heterocycles. The predicted octanol–water partition coefficient (Wildman–Crippen LogP) is 4.75. The van der Waals surface area contributed by atoms with E-state index in [4.69, 9.17) is 4.74 Å². The Morgan fingerprint density at radius 3 is 2.72 bits per heavy atom. The number of benzene rings is 2. The quantitative estimate of drug-likeness (QED) is 0.677. The summed E-state index contributed by atoms with van der Waals surface area (Å²) >= 11 is 3.56. The van der Waals surface area contributed by atoms with E-state index >= 15 is 0 Å². The van der Waals surface area contributed by atoms with Gasteiger partial charge in [-0.1, -0.05) is 53.9 Å². The zero-order chi connectivity index (χ0) is 17.9. The molecule has 1 N–H and O–H groups in total. The molecule has 3 nitrogen and oxygen atoms in total. The number of fused-ring (bicyclic) bond motifs is 1. The van der Waals surface area contributed by atoms with Gasteiger partial charge in [0, 0.05) is 29.3 Å². The smallest absolute Gasteiger partial charge is 0.123 e. The topological polar surface area (TPSA) is 32.7 Å². The molecule has 0 bridgehead atoms. The monoisotopic (exact) mass is 403 g/mol. The lowest BCUT2D eigenvalue weighted by Crippen LogP contribution is -2.36. The molecule has 0 saturated carbocycles. The SMILES string of the molecule is CCCCCN(C)c1ccccc1C1(CO)COc2ccc(Br)cc21. The number of anilines is 1. The molecule has 0 amide bonds. The molecule has 4 heteroatoms. The first-order valence-corrected chi connectivity index (χ1v) is 9.76. The molecule has 3 rings (SSSR count). The van der Waals surface area contributed by atoms with Gasteiger partial charge in [-0.25, -0.2) is 0 Å². The molecular weight excluding hydrogens is 378 g/mol. The summed E-state index contributed by atoms with van der Waals surface area (Å²) in [6, 6.07) is 14.4. The van der Waals surface area contributed by atoms with Crippen LogP contribution in [0, 0.1) is 0 Å². The van der Waals surface area contributed by atoms with Gasteiger partial charge in [-0.3, -0.25) is 0 Å². The van der Waals surface area contributed by atoms with Crippen LogP contribution in [0.2, 0.25) is 0 Å². The third-order valence-electron chi connectivity index (χ3n) is 5.13. The fourth-order valence-corrected chi connectivity index (χ4v) is 4.01. The predicted molar refractivity (Wildman–Crippen MR) is 107 cm³/mol. The maximum absolute atomic E-state index is 10.4. The van der Waals surface area contributed by atoms with E-state index in [2.05, 4.69) is 59.1 Å². The van der Waals surface area contributed by atoms with E-state index in [9.17, 15) is 5.11 Å². The molecule has 134 valence electrons. The lowest BCUT2D eigenvalue weighted by atomic mass is 9.76.